The first-order valence-electron chi connectivity index (χ1n) is 8.99. The number of hydrogen-bond donors (Lipinski definition) is 0. The molecule has 1 heterocycles. The number of amides is 1. The van der Waals surface area contributed by atoms with E-state index in [9.17, 15) is 4.79 Å². The van der Waals surface area contributed by atoms with Gasteiger partial charge < -0.3 is 9.32 Å². The van der Waals surface area contributed by atoms with Crippen LogP contribution in [0, 0.1) is 6.92 Å². The van der Waals surface area contributed by atoms with Crippen LogP contribution in [0.4, 0.5) is 0 Å². The summed E-state index contributed by atoms with van der Waals surface area (Å²) in [6.45, 7) is 8.74. The topological polar surface area (TPSA) is 59.2 Å². The Balaban J connectivity index is 1.69. The molecule has 27 heavy (non-hydrogen) atoms. The second-order valence-electron chi connectivity index (χ2n) is 7.86. The Morgan fingerprint density at radius 2 is 1.63 bits per heavy atom. The Hall–Kier alpha value is -2.95. The van der Waals surface area contributed by atoms with Crippen LogP contribution in [0.1, 0.15) is 48.1 Å². The van der Waals surface area contributed by atoms with Crippen LogP contribution in [0.3, 0.4) is 0 Å². The second kappa shape index (κ2) is 7.35. The van der Waals surface area contributed by atoms with Crippen LogP contribution >= 0.6 is 0 Å². The van der Waals surface area contributed by atoms with Crippen molar-refractivity contribution in [2.45, 2.75) is 39.7 Å². The molecule has 1 amide bonds. The van der Waals surface area contributed by atoms with E-state index >= 15 is 0 Å². The van der Waals surface area contributed by atoms with E-state index in [1.165, 1.54) is 11.1 Å². The summed E-state index contributed by atoms with van der Waals surface area (Å²) in [5.74, 6) is 0.790. The quantitative estimate of drug-likeness (QED) is 0.679. The molecule has 0 aliphatic rings. The summed E-state index contributed by atoms with van der Waals surface area (Å²) in [6, 6.07) is 15.6. The summed E-state index contributed by atoms with van der Waals surface area (Å²) in [4.78, 5) is 14.2. The van der Waals surface area contributed by atoms with Gasteiger partial charge >= 0.3 is 0 Å². The minimum absolute atomic E-state index is 0.0591. The normalized spacial score (nSPS) is 11.4. The fourth-order valence-corrected chi connectivity index (χ4v) is 2.74. The lowest BCUT2D eigenvalue weighted by Gasteiger charge is -2.20. The van der Waals surface area contributed by atoms with E-state index < -0.39 is 0 Å². The highest BCUT2D eigenvalue weighted by Gasteiger charge is 2.18. The lowest BCUT2D eigenvalue weighted by Crippen LogP contribution is -2.26. The average molecular weight is 363 g/mol. The molecule has 0 spiro atoms. The van der Waals surface area contributed by atoms with Crippen molar-refractivity contribution < 1.29 is 9.21 Å². The zero-order valence-electron chi connectivity index (χ0n) is 16.5. The lowest BCUT2D eigenvalue weighted by molar-refractivity contribution is 0.0773. The van der Waals surface area contributed by atoms with Crippen molar-refractivity contribution in [3.8, 4) is 11.5 Å². The van der Waals surface area contributed by atoms with Crippen molar-refractivity contribution in [3.05, 3.63) is 71.1 Å². The molecule has 0 N–H and O–H groups in total. The first-order valence-corrected chi connectivity index (χ1v) is 8.99. The summed E-state index contributed by atoms with van der Waals surface area (Å²) in [5, 5.41) is 8.15. The van der Waals surface area contributed by atoms with Crippen LogP contribution in [0.15, 0.2) is 52.9 Å². The first-order chi connectivity index (χ1) is 12.7. The van der Waals surface area contributed by atoms with Crippen LogP contribution in [-0.4, -0.2) is 28.1 Å². The van der Waals surface area contributed by atoms with Gasteiger partial charge in [0.2, 0.25) is 11.8 Å². The van der Waals surface area contributed by atoms with Crippen molar-refractivity contribution in [2.24, 2.45) is 0 Å². The fourth-order valence-electron chi connectivity index (χ4n) is 2.74. The number of hydrogen-bond acceptors (Lipinski definition) is 4. The predicted octanol–water partition coefficient (Wildman–Crippen LogP) is 4.61. The molecule has 0 radical (unpaired) electrons. The Bertz CT molecular complexity index is 919. The molecule has 140 valence electrons. The smallest absolute Gasteiger partial charge is 0.254 e. The predicted molar refractivity (Wildman–Crippen MR) is 105 cm³/mol. The number of rotatable bonds is 4. The molecule has 0 bridgehead atoms. The van der Waals surface area contributed by atoms with Gasteiger partial charge in [0, 0.05) is 18.2 Å². The van der Waals surface area contributed by atoms with Gasteiger partial charge in [0.05, 0.1) is 6.54 Å². The number of aryl methyl sites for hydroxylation is 1. The third kappa shape index (κ3) is 4.42. The summed E-state index contributed by atoms with van der Waals surface area (Å²) in [5.41, 5.74) is 3.93. The Morgan fingerprint density at radius 1 is 1.00 bits per heavy atom. The molecular formula is C22H25N3O2. The Labute approximate surface area is 160 Å². The number of benzene rings is 2. The molecule has 5 heteroatoms. The number of carbonyl (C=O) groups is 1. The van der Waals surface area contributed by atoms with E-state index in [4.69, 9.17) is 4.42 Å². The zero-order chi connectivity index (χ0) is 19.6. The fraction of sp³-hybridized carbons (Fsp3) is 0.318. The van der Waals surface area contributed by atoms with E-state index in [-0.39, 0.29) is 17.9 Å². The third-order valence-electron chi connectivity index (χ3n) is 4.48. The van der Waals surface area contributed by atoms with Crippen molar-refractivity contribution in [1.82, 2.24) is 15.1 Å². The minimum Gasteiger partial charge on any atom is -0.419 e. The molecule has 0 fully saturated rings. The molecule has 3 aromatic rings. The van der Waals surface area contributed by atoms with Crippen LogP contribution in [-0.2, 0) is 12.0 Å². The maximum absolute atomic E-state index is 12.7. The lowest BCUT2D eigenvalue weighted by atomic mass is 9.86. The SMILES string of the molecule is Cc1ccc(-c2nnc(CN(C)C(=O)c3ccc(C(C)(C)C)cc3)o2)cc1. The molecule has 0 saturated carbocycles. The Kier molecular flexibility index (Phi) is 5.13. The largest absolute Gasteiger partial charge is 0.419 e. The van der Waals surface area contributed by atoms with Gasteiger partial charge in [-0.1, -0.05) is 50.6 Å². The van der Waals surface area contributed by atoms with Crippen molar-refractivity contribution in [1.29, 1.82) is 0 Å². The van der Waals surface area contributed by atoms with Crippen LogP contribution in [0.5, 0.6) is 0 Å². The summed E-state index contributed by atoms with van der Waals surface area (Å²) in [7, 11) is 1.73. The standard InChI is InChI=1S/C22H25N3O2/c1-15-6-8-16(9-7-15)20-24-23-19(27-20)14-25(5)21(26)17-10-12-18(13-11-17)22(2,3)4/h6-13H,14H2,1-5H3. The zero-order valence-corrected chi connectivity index (χ0v) is 16.5. The van der Waals surface area contributed by atoms with Gasteiger partial charge in [-0.15, -0.1) is 10.2 Å². The third-order valence-corrected chi connectivity index (χ3v) is 4.48. The summed E-state index contributed by atoms with van der Waals surface area (Å²) < 4.78 is 5.71. The second-order valence-corrected chi connectivity index (χ2v) is 7.86. The van der Waals surface area contributed by atoms with E-state index in [0.717, 1.165) is 5.56 Å². The van der Waals surface area contributed by atoms with Crippen molar-refractivity contribution in [3.63, 3.8) is 0 Å². The molecule has 0 unspecified atom stereocenters. The molecule has 0 atom stereocenters. The van der Waals surface area contributed by atoms with Gasteiger partial charge in [-0.25, -0.2) is 0 Å². The summed E-state index contributed by atoms with van der Waals surface area (Å²) >= 11 is 0. The summed E-state index contributed by atoms with van der Waals surface area (Å²) in [6.07, 6.45) is 0. The van der Waals surface area contributed by atoms with Gasteiger partial charge in [0.25, 0.3) is 5.91 Å². The molecule has 2 aromatic carbocycles. The monoisotopic (exact) mass is 363 g/mol. The average Bonchev–Trinajstić information content (AvgIpc) is 3.09. The number of carbonyl (C=O) groups excluding carboxylic acids is 1. The molecular weight excluding hydrogens is 338 g/mol. The maximum Gasteiger partial charge on any atom is 0.254 e. The van der Waals surface area contributed by atoms with Crippen molar-refractivity contribution >= 4 is 5.91 Å². The van der Waals surface area contributed by atoms with E-state index in [0.29, 0.717) is 17.3 Å². The van der Waals surface area contributed by atoms with Crippen molar-refractivity contribution in [2.75, 3.05) is 7.05 Å². The molecule has 5 nitrogen and oxygen atoms in total. The molecule has 3 rings (SSSR count). The van der Waals surface area contributed by atoms with Crippen LogP contribution in [0.2, 0.25) is 0 Å². The van der Waals surface area contributed by atoms with Crippen LogP contribution in [0.25, 0.3) is 11.5 Å². The number of aromatic nitrogens is 2. The highest BCUT2D eigenvalue weighted by Crippen LogP contribution is 2.23. The highest BCUT2D eigenvalue weighted by molar-refractivity contribution is 5.94. The van der Waals surface area contributed by atoms with E-state index in [1.54, 1.807) is 11.9 Å². The van der Waals surface area contributed by atoms with Gasteiger partial charge in [-0.2, -0.15) is 0 Å². The maximum atomic E-state index is 12.7. The van der Waals surface area contributed by atoms with Crippen LogP contribution < -0.4 is 0 Å². The van der Waals surface area contributed by atoms with Gasteiger partial charge in [0.15, 0.2) is 0 Å². The number of nitrogens with zero attached hydrogens (tertiary/aromatic N) is 3. The molecule has 0 saturated heterocycles. The van der Waals surface area contributed by atoms with E-state index in [2.05, 4.69) is 31.0 Å². The van der Waals surface area contributed by atoms with Gasteiger partial charge in [0.1, 0.15) is 0 Å². The first kappa shape index (κ1) is 18.8. The van der Waals surface area contributed by atoms with Gasteiger partial charge in [-0.05, 0) is 42.2 Å². The molecule has 0 aliphatic heterocycles. The molecule has 0 aliphatic carbocycles. The minimum atomic E-state index is -0.0782. The highest BCUT2D eigenvalue weighted by atomic mass is 16.4. The molecule has 1 aromatic heterocycles. The van der Waals surface area contributed by atoms with Gasteiger partial charge in [-0.3, -0.25) is 4.79 Å². The Morgan fingerprint density at radius 3 is 2.22 bits per heavy atom. The van der Waals surface area contributed by atoms with E-state index in [1.807, 2.05) is 55.5 Å².